The third-order valence-corrected chi connectivity index (χ3v) is 8.82. The fraction of sp³-hybridized carbons (Fsp3) is 0.688. The summed E-state index contributed by atoms with van der Waals surface area (Å²) in [6, 6.07) is 4.41. The van der Waals surface area contributed by atoms with Crippen LogP contribution in [0.1, 0.15) is 64.2 Å². The fourth-order valence-electron chi connectivity index (χ4n) is 6.62. The molecule has 0 bridgehead atoms. The largest absolute Gasteiger partial charge is 0.434 e. The molecule has 244 valence electrons. The third kappa shape index (κ3) is 8.21. The topological polar surface area (TPSA) is 116 Å². The Hall–Kier alpha value is -2.93. The van der Waals surface area contributed by atoms with Crippen molar-refractivity contribution in [3.05, 3.63) is 35.9 Å². The second-order valence-electron chi connectivity index (χ2n) is 12.9. The zero-order valence-electron chi connectivity index (χ0n) is 27.1. The van der Waals surface area contributed by atoms with Gasteiger partial charge in [-0.2, -0.15) is 0 Å². The first-order valence-electron chi connectivity index (χ1n) is 15.9. The predicted octanol–water partition coefficient (Wildman–Crippen LogP) is 3.59. The lowest BCUT2D eigenvalue weighted by Crippen LogP contribution is -2.62. The SMILES string of the molecule is CCN(C(=O)c1cc(F)ccc1Oc1nncnc1N1CCC2(C1)CN(C(CCCNCC(O)COC)C(C)C)C2)C(C)C. The molecule has 1 aromatic carbocycles. The van der Waals surface area contributed by atoms with Gasteiger partial charge in [-0.3, -0.25) is 9.69 Å². The van der Waals surface area contributed by atoms with Crippen molar-refractivity contribution in [2.24, 2.45) is 11.3 Å². The van der Waals surface area contributed by atoms with Gasteiger partial charge in [-0.1, -0.05) is 13.8 Å². The van der Waals surface area contributed by atoms with Crippen LogP contribution in [-0.4, -0.2) is 114 Å². The van der Waals surface area contributed by atoms with Crippen LogP contribution >= 0.6 is 0 Å². The van der Waals surface area contributed by atoms with Crippen LogP contribution in [0, 0.1) is 17.2 Å². The maximum absolute atomic E-state index is 14.3. The van der Waals surface area contributed by atoms with Crippen LogP contribution in [0.4, 0.5) is 10.2 Å². The van der Waals surface area contributed by atoms with E-state index in [0.29, 0.717) is 37.5 Å². The number of aliphatic hydroxyl groups excluding tert-OH is 1. The number of halogens is 1. The van der Waals surface area contributed by atoms with Gasteiger partial charge >= 0.3 is 0 Å². The van der Waals surface area contributed by atoms with Gasteiger partial charge < -0.3 is 29.7 Å². The zero-order valence-corrected chi connectivity index (χ0v) is 27.1. The highest BCUT2D eigenvalue weighted by atomic mass is 19.1. The molecule has 2 saturated heterocycles. The highest BCUT2D eigenvalue weighted by molar-refractivity contribution is 5.97. The van der Waals surface area contributed by atoms with Crippen molar-refractivity contribution < 1.29 is 23.8 Å². The first-order chi connectivity index (χ1) is 21.1. The van der Waals surface area contributed by atoms with Gasteiger partial charge in [0.2, 0.25) is 0 Å². The average molecular weight is 616 g/mol. The molecule has 2 fully saturated rings. The molecular weight excluding hydrogens is 565 g/mol. The van der Waals surface area contributed by atoms with E-state index in [4.69, 9.17) is 9.47 Å². The fourth-order valence-corrected chi connectivity index (χ4v) is 6.62. The lowest BCUT2D eigenvalue weighted by molar-refractivity contribution is -0.0339. The van der Waals surface area contributed by atoms with Gasteiger partial charge in [0.25, 0.3) is 11.8 Å². The molecule has 0 radical (unpaired) electrons. The summed E-state index contributed by atoms with van der Waals surface area (Å²) in [5, 5.41) is 21.4. The Morgan fingerprint density at radius 3 is 2.68 bits per heavy atom. The van der Waals surface area contributed by atoms with Gasteiger partial charge in [0, 0.05) is 63.9 Å². The number of nitrogens with one attached hydrogen (secondary N) is 1. The molecule has 11 nitrogen and oxygen atoms in total. The number of carbonyl (C=O) groups is 1. The van der Waals surface area contributed by atoms with E-state index >= 15 is 0 Å². The van der Waals surface area contributed by atoms with Crippen molar-refractivity contribution >= 4 is 11.7 Å². The summed E-state index contributed by atoms with van der Waals surface area (Å²) in [5.41, 5.74) is 0.319. The van der Waals surface area contributed by atoms with Crippen LogP contribution in [0.25, 0.3) is 0 Å². The van der Waals surface area contributed by atoms with Crippen molar-refractivity contribution in [1.29, 1.82) is 0 Å². The van der Waals surface area contributed by atoms with E-state index in [2.05, 4.69) is 44.1 Å². The van der Waals surface area contributed by atoms with Crippen LogP contribution in [0.3, 0.4) is 0 Å². The molecule has 4 rings (SSSR count). The maximum atomic E-state index is 14.3. The maximum Gasteiger partial charge on any atom is 0.282 e. The predicted molar refractivity (Wildman–Crippen MR) is 168 cm³/mol. The van der Waals surface area contributed by atoms with Crippen LogP contribution in [0.2, 0.25) is 0 Å². The minimum atomic E-state index is -0.508. The van der Waals surface area contributed by atoms with Crippen LogP contribution in [0.5, 0.6) is 11.6 Å². The molecule has 2 unspecified atom stereocenters. The highest BCUT2D eigenvalue weighted by Crippen LogP contribution is 2.44. The number of nitrogens with zero attached hydrogens (tertiary/aromatic N) is 6. The molecule has 2 atom stereocenters. The smallest absolute Gasteiger partial charge is 0.282 e. The van der Waals surface area contributed by atoms with Gasteiger partial charge in [-0.05, 0) is 70.7 Å². The van der Waals surface area contributed by atoms with E-state index in [1.54, 1.807) is 12.0 Å². The van der Waals surface area contributed by atoms with Crippen LogP contribution in [0.15, 0.2) is 24.5 Å². The molecule has 3 heterocycles. The van der Waals surface area contributed by atoms with Gasteiger partial charge in [0.1, 0.15) is 17.9 Å². The summed E-state index contributed by atoms with van der Waals surface area (Å²) in [7, 11) is 1.60. The molecule has 2 aliphatic rings. The number of carbonyl (C=O) groups excluding carboxylic acids is 1. The van der Waals surface area contributed by atoms with Crippen molar-refractivity contribution in [3.63, 3.8) is 0 Å². The van der Waals surface area contributed by atoms with Crippen LogP contribution < -0.4 is 15.0 Å². The number of hydrogen-bond donors (Lipinski definition) is 2. The van der Waals surface area contributed by atoms with Gasteiger partial charge in [-0.15, -0.1) is 10.2 Å². The number of hydrogen-bond acceptors (Lipinski definition) is 10. The Bertz CT molecular complexity index is 1230. The molecule has 1 amide bonds. The number of aromatic nitrogens is 3. The van der Waals surface area contributed by atoms with Crippen LogP contribution in [-0.2, 0) is 4.74 Å². The number of amides is 1. The number of aliphatic hydroxyl groups is 1. The standard InChI is InChI=1S/C32H50FN7O4/c1-7-40(23(4)5)31(42)26-15-24(33)10-11-28(26)44-30-29(35-21-36-37-30)38-14-12-32(18-38)19-39(20-32)27(22(2)3)9-8-13-34-16-25(41)17-43-6/h10-11,15,21-23,25,27,34,41H,7-9,12-14,16-20H2,1-6H3. The van der Waals surface area contributed by atoms with E-state index < -0.39 is 11.9 Å². The quantitative estimate of drug-likeness (QED) is 0.272. The second kappa shape index (κ2) is 15.4. The number of benzene rings is 1. The van der Waals surface area contributed by atoms with Crippen molar-refractivity contribution in [2.45, 2.75) is 72.1 Å². The Labute approximate surface area is 261 Å². The first-order valence-corrected chi connectivity index (χ1v) is 15.9. The minimum Gasteiger partial charge on any atom is -0.434 e. The molecule has 0 saturated carbocycles. The lowest BCUT2D eigenvalue weighted by Gasteiger charge is -2.53. The molecule has 2 N–H and O–H groups in total. The molecule has 2 aliphatic heterocycles. The average Bonchev–Trinajstić information content (AvgIpc) is 3.41. The summed E-state index contributed by atoms with van der Waals surface area (Å²) in [6.45, 7) is 16.3. The molecule has 1 spiro atoms. The van der Waals surface area contributed by atoms with E-state index in [-0.39, 0.29) is 34.6 Å². The molecule has 44 heavy (non-hydrogen) atoms. The monoisotopic (exact) mass is 615 g/mol. The zero-order chi connectivity index (χ0) is 31.9. The van der Waals surface area contributed by atoms with Crippen molar-refractivity contribution in [1.82, 2.24) is 30.3 Å². The van der Waals surface area contributed by atoms with E-state index in [1.165, 1.54) is 24.5 Å². The molecule has 12 heteroatoms. The van der Waals surface area contributed by atoms with Crippen molar-refractivity contribution in [2.75, 3.05) is 64.4 Å². The highest BCUT2D eigenvalue weighted by Gasteiger charge is 2.50. The van der Waals surface area contributed by atoms with Gasteiger partial charge in [0.05, 0.1) is 18.3 Å². The molecular formula is C32H50FN7O4. The molecule has 0 aliphatic carbocycles. The number of ether oxygens (including phenoxy) is 2. The lowest BCUT2D eigenvalue weighted by atomic mass is 9.76. The normalized spacial score (nSPS) is 17.7. The van der Waals surface area contributed by atoms with Gasteiger partial charge in [0.15, 0.2) is 5.82 Å². The summed E-state index contributed by atoms with van der Waals surface area (Å²) in [5.74, 6) is 0.746. The summed E-state index contributed by atoms with van der Waals surface area (Å²) < 4.78 is 25.4. The molecule has 2 aromatic rings. The summed E-state index contributed by atoms with van der Waals surface area (Å²) in [4.78, 5) is 24.3. The van der Waals surface area contributed by atoms with Gasteiger partial charge in [-0.25, -0.2) is 9.37 Å². The third-order valence-electron chi connectivity index (χ3n) is 8.82. The minimum absolute atomic E-state index is 0.0488. The van der Waals surface area contributed by atoms with E-state index in [0.717, 1.165) is 52.0 Å². The summed E-state index contributed by atoms with van der Waals surface area (Å²) >= 11 is 0. The number of anilines is 1. The van der Waals surface area contributed by atoms with E-state index in [9.17, 15) is 14.3 Å². The molecule has 1 aromatic heterocycles. The second-order valence-corrected chi connectivity index (χ2v) is 12.9. The van der Waals surface area contributed by atoms with Crippen molar-refractivity contribution in [3.8, 4) is 11.6 Å². The first kappa shape index (κ1) is 34.0. The Morgan fingerprint density at radius 1 is 1.23 bits per heavy atom. The summed E-state index contributed by atoms with van der Waals surface area (Å²) in [6.07, 6.45) is 4.12. The number of likely N-dealkylation sites (tertiary alicyclic amines) is 1. The number of methoxy groups -OCH3 is 1. The Kier molecular flexibility index (Phi) is 11.9. The number of rotatable bonds is 16. The Balaban J connectivity index is 1.38. The Morgan fingerprint density at radius 2 is 2.00 bits per heavy atom. The van der Waals surface area contributed by atoms with E-state index in [1.807, 2.05) is 20.8 Å².